The highest BCUT2D eigenvalue weighted by molar-refractivity contribution is 5.78. The fraction of sp³-hybridized carbons (Fsp3) is 0.471. The summed E-state index contributed by atoms with van der Waals surface area (Å²) in [5.41, 5.74) is 1.35. The third-order valence-electron chi connectivity index (χ3n) is 3.81. The maximum Gasteiger partial charge on any atom is 0.134 e. The molecule has 0 amide bonds. The van der Waals surface area contributed by atoms with Gasteiger partial charge in [0.05, 0.1) is 0 Å². The van der Waals surface area contributed by atoms with Crippen molar-refractivity contribution < 1.29 is 4.79 Å². The Balaban J connectivity index is 1.74. The van der Waals surface area contributed by atoms with Gasteiger partial charge in [-0.1, -0.05) is 42.5 Å². The molecule has 1 heterocycles. The van der Waals surface area contributed by atoms with Crippen LogP contribution in [0.15, 0.2) is 42.5 Å². The zero-order valence-corrected chi connectivity index (χ0v) is 11.7. The minimum atomic E-state index is 0.260. The van der Waals surface area contributed by atoms with E-state index in [2.05, 4.69) is 41.3 Å². The van der Waals surface area contributed by atoms with Crippen molar-refractivity contribution in [3.63, 3.8) is 0 Å². The predicted octanol–water partition coefficient (Wildman–Crippen LogP) is 3.09. The number of hydrogen-bond donors (Lipinski definition) is 0. The summed E-state index contributed by atoms with van der Waals surface area (Å²) in [4.78, 5) is 13.8. The average Bonchev–Trinajstić information content (AvgIpc) is 2.45. The van der Waals surface area contributed by atoms with Crippen LogP contribution in [0.2, 0.25) is 0 Å². The van der Waals surface area contributed by atoms with Gasteiger partial charge in [-0.2, -0.15) is 0 Å². The Morgan fingerprint density at radius 1 is 1.32 bits per heavy atom. The van der Waals surface area contributed by atoms with Crippen LogP contribution in [-0.4, -0.2) is 30.3 Å². The molecule has 0 saturated carbocycles. The lowest BCUT2D eigenvalue weighted by Gasteiger charge is -2.30. The lowest BCUT2D eigenvalue weighted by atomic mass is 9.95. The quantitative estimate of drug-likeness (QED) is 0.756. The minimum absolute atomic E-state index is 0.260. The Hall–Kier alpha value is -1.41. The van der Waals surface area contributed by atoms with Crippen molar-refractivity contribution in [1.82, 2.24) is 4.90 Å². The first kappa shape index (κ1) is 14.0. The molecule has 0 spiro atoms. The Morgan fingerprint density at radius 2 is 2.11 bits per heavy atom. The molecule has 1 fully saturated rings. The Kier molecular flexibility index (Phi) is 5.34. The van der Waals surface area contributed by atoms with E-state index in [1.54, 1.807) is 6.92 Å². The number of nitrogens with zero attached hydrogens (tertiary/aromatic N) is 1. The molecule has 102 valence electrons. The van der Waals surface area contributed by atoms with Crippen molar-refractivity contribution in [3.8, 4) is 0 Å². The lowest BCUT2D eigenvalue weighted by molar-refractivity contribution is -0.122. The second kappa shape index (κ2) is 7.25. The summed E-state index contributed by atoms with van der Waals surface area (Å²) in [5, 5.41) is 0. The van der Waals surface area contributed by atoms with Crippen molar-refractivity contribution >= 4 is 5.78 Å². The summed E-state index contributed by atoms with van der Waals surface area (Å²) < 4.78 is 0. The van der Waals surface area contributed by atoms with Crippen LogP contribution in [0.3, 0.4) is 0 Å². The van der Waals surface area contributed by atoms with Gasteiger partial charge in [0.15, 0.2) is 0 Å². The summed E-state index contributed by atoms with van der Waals surface area (Å²) in [6, 6.07) is 10.5. The Bertz CT molecular complexity index is 424. The van der Waals surface area contributed by atoms with Gasteiger partial charge >= 0.3 is 0 Å². The molecule has 1 unspecified atom stereocenters. The first-order chi connectivity index (χ1) is 9.25. The highest BCUT2D eigenvalue weighted by atomic mass is 16.1. The van der Waals surface area contributed by atoms with Crippen LogP contribution in [0.5, 0.6) is 0 Å². The number of carbonyl (C=O) groups is 1. The van der Waals surface area contributed by atoms with Gasteiger partial charge in [0.1, 0.15) is 5.78 Å². The van der Waals surface area contributed by atoms with Crippen molar-refractivity contribution in [1.29, 1.82) is 0 Å². The monoisotopic (exact) mass is 257 g/mol. The van der Waals surface area contributed by atoms with Crippen LogP contribution in [-0.2, 0) is 11.2 Å². The van der Waals surface area contributed by atoms with Crippen molar-refractivity contribution in [2.45, 2.75) is 26.2 Å². The molecule has 1 aliphatic heterocycles. The van der Waals surface area contributed by atoms with Crippen LogP contribution in [0.25, 0.3) is 0 Å². The molecule has 0 bridgehead atoms. The van der Waals surface area contributed by atoms with E-state index in [0.29, 0.717) is 5.78 Å². The number of hydrogen-bond acceptors (Lipinski definition) is 2. The third-order valence-corrected chi connectivity index (χ3v) is 3.81. The molecule has 1 aromatic carbocycles. The third kappa shape index (κ3) is 4.64. The van der Waals surface area contributed by atoms with Crippen LogP contribution < -0.4 is 0 Å². The van der Waals surface area contributed by atoms with Crippen molar-refractivity contribution in [2.24, 2.45) is 5.92 Å². The van der Waals surface area contributed by atoms with Gasteiger partial charge in [-0.05, 0) is 38.3 Å². The number of ketones is 1. The number of allylic oxidation sites excluding steroid dienone is 1. The smallest absolute Gasteiger partial charge is 0.134 e. The number of benzene rings is 1. The predicted molar refractivity (Wildman–Crippen MR) is 79.1 cm³/mol. The van der Waals surface area contributed by atoms with Crippen LogP contribution in [0.4, 0.5) is 0 Å². The zero-order chi connectivity index (χ0) is 13.5. The number of piperidine rings is 1. The second-order valence-electron chi connectivity index (χ2n) is 5.37. The molecule has 1 saturated heterocycles. The molecular weight excluding hydrogens is 234 g/mol. The van der Waals surface area contributed by atoms with E-state index in [1.165, 1.54) is 5.56 Å². The van der Waals surface area contributed by atoms with E-state index in [1.807, 2.05) is 6.07 Å². The molecule has 0 N–H and O–H groups in total. The molecule has 0 aliphatic carbocycles. The zero-order valence-electron chi connectivity index (χ0n) is 11.7. The number of rotatable bonds is 5. The first-order valence-electron chi connectivity index (χ1n) is 7.17. The van der Waals surface area contributed by atoms with E-state index < -0.39 is 0 Å². The summed E-state index contributed by atoms with van der Waals surface area (Å²) in [7, 11) is 0. The summed E-state index contributed by atoms with van der Waals surface area (Å²) >= 11 is 0. The van der Waals surface area contributed by atoms with Gasteiger partial charge < -0.3 is 0 Å². The van der Waals surface area contributed by atoms with Gasteiger partial charge in [-0.15, -0.1) is 0 Å². The summed E-state index contributed by atoms with van der Waals surface area (Å²) in [6.07, 6.45) is 7.67. The molecule has 1 aromatic rings. The Morgan fingerprint density at radius 3 is 2.84 bits per heavy atom. The number of carbonyl (C=O) groups excluding carboxylic acids is 1. The van der Waals surface area contributed by atoms with Gasteiger partial charge in [-0.25, -0.2) is 0 Å². The van der Waals surface area contributed by atoms with Crippen LogP contribution in [0, 0.1) is 5.92 Å². The first-order valence-corrected chi connectivity index (χ1v) is 7.17. The molecular formula is C17H23NO. The summed E-state index contributed by atoms with van der Waals surface area (Å²) in [6.45, 7) is 4.75. The van der Waals surface area contributed by atoms with Crippen LogP contribution >= 0.6 is 0 Å². The normalized spacial score (nSPS) is 20.8. The highest BCUT2D eigenvalue weighted by Crippen LogP contribution is 2.16. The van der Waals surface area contributed by atoms with Crippen LogP contribution in [0.1, 0.15) is 25.3 Å². The molecule has 19 heavy (non-hydrogen) atoms. The molecule has 1 atom stereocenters. The van der Waals surface area contributed by atoms with E-state index in [4.69, 9.17) is 0 Å². The fourth-order valence-electron chi connectivity index (χ4n) is 2.61. The molecule has 0 radical (unpaired) electrons. The maximum atomic E-state index is 11.4. The van der Waals surface area contributed by atoms with E-state index in [-0.39, 0.29) is 5.92 Å². The summed E-state index contributed by atoms with van der Waals surface area (Å²) in [5.74, 6) is 0.606. The van der Waals surface area contributed by atoms with Gasteiger partial charge in [-0.3, -0.25) is 9.69 Å². The SMILES string of the molecule is CC(=O)C1CCCN(C/C=C/Cc2ccccc2)C1. The molecule has 2 rings (SSSR count). The maximum absolute atomic E-state index is 11.4. The fourth-order valence-corrected chi connectivity index (χ4v) is 2.61. The number of likely N-dealkylation sites (tertiary alicyclic amines) is 1. The van der Waals surface area contributed by atoms with E-state index >= 15 is 0 Å². The van der Waals surface area contributed by atoms with Gasteiger partial charge in [0, 0.05) is 19.0 Å². The largest absolute Gasteiger partial charge is 0.300 e. The Labute approximate surface area is 116 Å². The van der Waals surface area contributed by atoms with E-state index in [9.17, 15) is 4.79 Å². The van der Waals surface area contributed by atoms with E-state index in [0.717, 1.165) is 38.9 Å². The molecule has 1 aliphatic rings. The molecule has 2 nitrogen and oxygen atoms in total. The standard InChI is InChI=1S/C17H23NO/c1-15(19)17-11-7-13-18(14-17)12-6-5-10-16-8-3-2-4-9-16/h2-6,8-9,17H,7,10-14H2,1H3/b6-5+. The van der Waals surface area contributed by atoms with Crippen molar-refractivity contribution in [3.05, 3.63) is 48.0 Å². The van der Waals surface area contributed by atoms with Crippen molar-refractivity contribution in [2.75, 3.05) is 19.6 Å². The number of Topliss-reactive ketones (excluding diaryl/α,β-unsaturated/α-hetero) is 1. The minimum Gasteiger partial charge on any atom is -0.300 e. The average molecular weight is 257 g/mol. The molecule has 0 aromatic heterocycles. The molecule has 2 heteroatoms. The second-order valence-corrected chi connectivity index (χ2v) is 5.37. The van der Waals surface area contributed by atoms with Gasteiger partial charge in [0.2, 0.25) is 0 Å². The topological polar surface area (TPSA) is 20.3 Å². The highest BCUT2D eigenvalue weighted by Gasteiger charge is 2.21. The van der Waals surface area contributed by atoms with Gasteiger partial charge in [0.25, 0.3) is 0 Å². The lowest BCUT2D eigenvalue weighted by Crippen LogP contribution is -2.38.